The summed E-state index contributed by atoms with van der Waals surface area (Å²) in [6.45, 7) is 0.0979. The third-order valence-corrected chi connectivity index (χ3v) is 1.45. The van der Waals surface area contributed by atoms with Gasteiger partial charge in [0.25, 0.3) is 0 Å². The van der Waals surface area contributed by atoms with Crippen LogP contribution in [0.2, 0.25) is 0 Å². The van der Waals surface area contributed by atoms with Gasteiger partial charge in [-0.25, -0.2) is 14.8 Å². The number of nitrogens with zero attached hydrogens (tertiary/aromatic N) is 5. The van der Waals surface area contributed by atoms with Gasteiger partial charge in [0.2, 0.25) is 11.9 Å². The predicted molar refractivity (Wildman–Crippen MR) is 45.0 cm³/mol. The van der Waals surface area contributed by atoms with Crippen molar-refractivity contribution >= 4 is 11.9 Å². The zero-order chi connectivity index (χ0) is 9.80. The molecule has 0 spiro atoms. The first kappa shape index (κ1) is 8.35. The molecular weight excluding hydrogens is 186 g/mol. The summed E-state index contributed by atoms with van der Waals surface area (Å²) < 4.78 is 1.41. The monoisotopic (exact) mass is 193 g/mol. The molecule has 0 saturated heterocycles. The smallest absolute Gasteiger partial charge is 0.248 e. The number of nitrogens with one attached hydrogen (secondary N) is 2. The Morgan fingerprint density at radius 1 is 1.57 bits per heavy atom. The molecule has 0 radical (unpaired) electrons. The second-order valence-electron chi connectivity index (χ2n) is 2.48. The lowest BCUT2D eigenvalue weighted by molar-refractivity contribution is -0.116. The summed E-state index contributed by atoms with van der Waals surface area (Å²) in [7, 11) is 0. The lowest BCUT2D eigenvalue weighted by Crippen LogP contribution is -2.19. The van der Waals surface area contributed by atoms with Crippen LogP contribution in [0.5, 0.6) is 0 Å². The molecule has 2 aromatic heterocycles. The Morgan fingerprint density at radius 2 is 2.50 bits per heavy atom. The van der Waals surface area contributed by atoms with Crippen LogP contribution >= 0.6 is 0 Å². The minimum absolute atomic E-state index is 0.0979. The van der Waals surface area contributed by atoms with E-state index in [2.05, 4.69) is 30.6 Å². The van der Waals surface area contributed by atoms with Crippen LogP contribution in [-0.4, -0.2) is 35.9 Å². The minimum Gasteiger partial charge on any atom is -0.293 e. The van der Waals surface area contributed by atoms with Crippen LogP contribution in [0.25, 0.3) is 0 Å². The topological polar surface area (TPSA) is 101 Å². The Morgan fingerprint density at radius 3 is 3.14 bits per heavy atom. The number of carbonyl (C=O) groups is 1. The van der Waals surface area contributed by atoms with Gasteiger partial charge in [0.05, 0.1) is 0 Å². The number of carbonyl (C=O) groups excluding carboxylic acids is 1. The van der Waals surface area contributed by atoms with Crippen LogP contribution in [0.1, 0.15) is 0 Å². The van der Waals surface area contributed by atoms with Gasteiger partial charge in [0.15, 0.2) is 0 Å². The van der Waals surface area contributed by atoms with Crippen LogP contribution in [0.4, 0.5) is 5.95 Å². The van der Waals surface area contributed by atoms with Crippen LogP contribution < -0.4 is 5.32 Å². The summed E-state index contributed by atoms with van der Waals surface area (Å²) in [6.07, 6.45) is 4.13. The zero-order valence-electron chi connectivity index (χ0n) is 7.08. The number of H-pyrrole nitrogens is 1. The third-order valence-electron chi connectivity index (χ3n) is 1.45. The first-order valence-electron chi connectivity index (χ1n) is 3.82. The van der Waals surface area contributed by atoms with E-state index >= 15 is 0 Å². The van der Waals surface area contributed by atoms with Crippen molar-refractivity contribution in [2.75, 3.05) is 5.32 Å². The van der Waals surface area contributed by atoms with Crippen LogP contribution in [0, 0.1) is 0 Å². The average molecular weight is 193 g/mol. The van der Waals surface area contributed by atoms with Crippen molar-refractivity contribution in [1.29, 1.82) is 0 Å². The maximum atomic E-state index is 11.3. The van der Waals surface area contributed by atoms with E-state index in [1.54, 1.807) is 0 Å². The number of hydrogen-bond acceptors (Lipinski definition) is 5. The molecule has 2 N–H and O–H groups in total. The standard InChI is InChI=1S/C6H7N7O/c14-5(1-13-4-7-2-10-13)11-6-8-3-9-12-6/h2-4H,1H2,(H2,8,9,11,12,14). The molecule has 0 saturated carbocycles. The van der Waals surface area contributed by atoms with Crippen molar-refractivity contribution in [2.45, 2.75) is 6.54 Å². The van der Waals surface area contributed by atoms with Gasteiger partial charge in [0.1, 0.15) is 25.5 Å². The first-order chi connectivity index (χ1) is 6.84. The van der Waals surface area contributed by atoms with Crippen LogP contribution in [0.3, 0.4) is 0 Å². The fraction of sp³-hybridized carbons (Fsp3) is 0.167. The molecule has 0 aliphatic carbocycles. The number of hydrogen-bond donors (Lipinski definition) is 2. The molecule has 0 aliphatic rings. The Bertz CT molecular complexity index is 354. The van der Waals surface area contributed by atoms with E-state index < -0.39 is 0 Å². The van der Waals surface area contributed by atoms with E-state index in [4.69, 9.17) is 0 Å². The van der Waals surface area contributed by atoms with E-state index in [-0.39, 0.29) is 12.5 Å². The molecule has 0 aromatic carbocycles. The predicted octanol–water partition coefficient (Wildman–Crippen LogP) is -0.965. The van der Waals surface area contributed by atoms with E-state index in [0.29, 0.717) is 5.95 Å². The van der Waals surface area contributed by atoms with Gasteiger partial charge in [0, 0.05) is 0 Å². The molecule has 0 fully saturated rings. The Balaban J connectivity index is 1.91. The number of anilines is 1. The van der Waals surface area contributed by atoms with Crippen LogP contribution in [-0.2, 0) is 11.3 Å². The van der Waals surface area contributed by atoms with Gasteiger partial charge in [-0.2, -0.15) is 15.2 Å². The van der Waals surface area contributed by atoms with E-state index in [1.807, 2.05) is 0 Å². The van der Waals surface area contributed by atoms with E-state index in [9.17, 15) is 4.79 Å². The summed E-state index contributed by atoms with van der Waals surface area (Å²) in [5, 5.41) is 12.4. The Hall–Kier alpha value is -2.25. The van der Waals surface area contributed by atoms with Gasteiger partial charge in [-0.05, 0) is 0 Å². The summed E-state index contributed by atoms with van der Waals surface area (Å²) in [5.41, 5.74) is 0. The molecule has 8 heteroatoms. The van der Waals surface area contributed by atoms with Crippen molar-refractivity contribution in [3.8, 4) is 0 Å². The van der Waals surface area contributed by atoms with E-state index in [1.165, 1.54) is 23.7 Å². The lowest BCUT2D eigenvalue weighted by atomic mass is 10.6. The molecule has 8 nitrogen and oxygen atoms in total. The maximum absolute atomic E-state index is 11.3. The van der Waals surface area contributed by atoms with Gasteiger partial charge >= 0.3 is 0 Å². The Labute approximate surface area is 78.4 Å². The lowest BCUT2D eigenvalue weighted by Gasteiger charge is -1.99. The molecule has 1 amide bonds. The highest BCUT2D eigenvalue weighted by atomic mass is 16.2. The highest BCUT2D eigenvalue weighted by molar-refractivity contribution is 5.88. The summed E-state index contributed by atoms with van der Waals surface area (Å²) in [5.74, 6) is 0.0716. The molecule has 14 heavy (non-hydrogen) atoms. The van der Waals surface area contributed by atoms with Crippen molar-refractivity contribution in [2.24, 2.45) is 0 Å². The summed E-state index contributed by atoms with van der Waals surface area (Å²) in [6, 6.07) is 0. The average Bonchev–Trinajstić information content (AvgIpc) is 2.76. The van der Waals surface area contributed by atoms with Gasteiger partial charge in [-0.15, -0.1) is 0 Å². The zero-order valence-corrected chi connectivity index (χ0v) is 7.08. The number of amides is 1. The minimum atomic E-state index is -0.243. The maximum Gasteiger partial charge on any atom is 0.248 e. The van der Waals surface area contributed by atoms with Crippen molar-refractivity contribution in [3.63, 3.8) is 0 Å². The van der Waals surface area contributed by atoms with Crippen molar-refractivity contribution < 1.29 is 4.79 Å². The summed E-state index contributed by atoms with van der Waals surface area (Å²) in [4.78, 5) is 18.7. The highest BCUT2D eigenvalue weighted by Gasteiger charge is 2.04. The summed E-state index contributed by atoms with van der Waals surface area (Å²) >= 11 is 0. The number of aromatic amines is 1. The normalized spacial score (nSPS) is 10.0. The number of rotatable bonds is 3. The Kier molecular flexibility index (Phi) is 2.17. The first-order valence-corrected chi connectivity index (χ1v) is 3.82. The molecule has 2 rings (SSSR count). The molecule has 0 atom stereocenters. The fourth-order valence-electron chi connectivity index (χ4n) is 0.899. The molecule has 2 heterocycles. The van der Waals surface area contributed by atoms with Crippen molar-refractivity contribution in [1.82, 2.24) is 29.9 Å². The number of aromatic nitrogens is 6. The molecule has 72 valence electrons. The highest BCUT2D eigenvalue weighted by Crippen LogP contribution is 1.92. The largest absolute Gasteiger partial charge is 0.293 e. The molecule has 0 unspecified atom stereocenters. The SMILES string of the molecule is O=C(Cn1cncn1)Nc1ncn[nH]1. The van der Waals surface area contributed by atoms with Crippen molar-refractivity contribution in [3.05, 3.63) is 19.0 Å². The molecule has 0 aliphatic heterocycles. The molecule has 0 bridgehead atoms. The van der Waals surface area contributed by atoms with Gasteiger partial charge in [-0.1, -0.05) is 0 Å². The quantitative estimate of drug-likeness (QED) is 0.653. The fourth-order valence-corrected chi connectivity index (χ4v) is 0.899. The van der Waals surface area contributed by atoms with E-state index in [0.717, 1.165) is 0 Å². The second-order valence-corrected chi connectivity index (χ2v) is 2.48. The van der Waals surface area contributed by atoms with Gasteiger partial charge < -0.3 is 0 Å². The third kappa shape index (κ3) is 1.91. The van der Waals surface area contributed by atoms with Gasteiger partial charge in [-0.3, -0.25) is 10.1 Å². The van der Waals surface area contributed by atoms with Crippen LogP contribution in [0.15, 0.2) is 19.0 Å². The molecular formula is C6H7N7O. The molecule has 2 aromatic rings. The second kappa shape index (κ2) is 3.64.